The van der Waals surface area contributed by atoms with E-state index in [-0.39, 0.29) is 24.0 Å². The van der Waals surface area contributed by atoms with E-state index in [2.05, 4.69) is 21.7 Å². The van der Waals surface area contributed by atoms with Crippen LogP contribution in [0.4, 0.5) is 5.69 Å². The van der Waals surface area contributed by atoms with E-state index in [1.54, 1.807) is 0 Å². The molecule has 0 saturated heterocycles. The van der Waals surface area contributed by atoms with Gasteiger partial charge in [0, 0.05) is 36.3 Å². The number of rotatable bonds is 4. The molecule has 152 valence electrons. The number of aromatic nitrogens is 1. The molecule has 0 amide bonds. The Balaban J connectivity index is 0.00000240. The third-order valence-electron chi connectivity index (χ3n) is 4.50. The molecular weight excluding hydrogens is 479 g/mol. The van der Waals surface area contributed by atoms with Gasteiger partial charge in [0.25, 0.3) is 0 Å². The van der Waals surface area contributed by atoms with Gasteiger partial charge in [-0.25, -0.2) is 4.99 Å². The maximum atomic E-state index is 5.78. The Hall–Kier alpha value is -2.55. The summed E-state index contributed by atoms with van der Waals surface area (Å²) in [4.78, 5) is 9.17. The standard InChI is InChI=1S/C22H24N4O2.HI/c1-2-23-22(25-15-16-10-11-24-19-7-4-3-6-18(16)19)26-17-8-9-20-21(14-17)28-13-5-12-27-20;/h3-4,6-11,14H,2,5,12-13,15H2,1H3,(H2,23,25,26);1H. The van der Waals surface area contributed by atoms with Crippen LogP contribution in [0.1, 0.15) is 18.9 Å². The highest BCUT2D eigenvalue weighted by Gasteiger charge is 2.11. The molecule has 4 rings (SSSR count). The Morgan fingerprint density at radius 3 is 2.76 bits per heavy atom. The number of benzene rings is 2. The largest absolute Gasteiger partial charge is 0.490 e. The smallest absolute Gasteiger partial charge is 0.196 e. The summed E-state index contributed by atoms with van der Waals surface area (Å²) < 4.78 is 11.5. The molecule has 2 N–H and O–H groups in total. The Kier molecular flexibility index (Phi) is 7.51. The molecule has 7 heteroatoms. The summed E-state index contributed by atoms with van der Waals surface area (Å²) in [6, 6.07) is 16.0. The van der Waals surface area contributed by atoms with Gasteiger partial charge in [-0.2, -0.15) is 0 Å². The van der Waals surface area contributed by atoms with Crippen molar-refractivity contribution in [2.24, 2.45) is 4.99 Å². The molecule has 0 radical (unpaired) electrons. The summed E-state index contributed by atoms with van der Waals surface area (Å²) in [5.74, 6) is 2.27. The molecule has 2 aromatic carbocycles. The number of halogens is 1. The fourth-order valence-corrected chi connectivity index (χ4v) is 3.14. The Bertz CT molecular complexity index is 988. The molecule has 0 saturated carbocycles. The lowest BCUT2D eigenvalue weighted by Crippen LogP contribution is -2.30. The molecule has 3 aromatic rings. The van der Waals surface area contributed by atoms with Crippen molar-refractivity contribution in [3.05, 3.63) is 60.3 Å². The minimum absolute atomic E-state index is 0. The maximum Gasteiger partial charge on any atom is 0.196 e. The summed E-state index contributed by atoms with van der Waals surface area (Å²) in [5, 5.41) is 7.77. The van der Waals surface area contributed by atoms with Crippen molar-refractivity contribution in [1.82, 2.24) is 10.3 Å². The Morgan fingerprint density at radius 2 is 1.90 bits per heavy atom. The predicted octanol–water partition coefficient (Wildman–Crippen LogP) is 4.59. The van der Waals surface area contributed by atoms with E-state index in [0.717, 1.165) is 52.6 Å². The van der Waals surface area contributed by atoms with E-state index >= 15 is 0 Å². The highest BCUT2D eigenvalue weighted by Crippen LogP contribution is 2.32. The molecule has 1 aliphatic heterocycles. The van der Waals surface area contributed by atoms with Gasteiger partial charge in [0.05, 0.1) is 25.3 Å². The van der Waals surface area contributed by atoms with Crippen LogP contribution in [-0.4, -0.2) is 30.7 Å². The lowest BCUT2D eigenvalue weighted by atomic mass is 10.1. The van der Waals surface area contributed by atoms with Crippen LogP contribution in [0.25, 0.3) is 10.9 Å². The topological polar surface area (TPSA) is 67.8 Å². The number of ether oxygens (including phenoxy) is 2. The SMILES string of the molecule is CCNC(=NCc1ccnc2ccccc12)Nc1ccc2c(c1)OCCCO2.I. The maximum absolute atomic E-state index is 5.78. The number of aliphatic imine (C=N–C) groups is 1. The van der Waals surface area contributed by atoms with Crippen LogP contribution in [0.15, 0.2) is 59.7 Å². The second-order valence-corrected chi connectivity index (χ2v) is 6.52. The number of pyridine rings is 1. The second-order valence-electron chi connectivity index (χ2n) is 6.52. The van der Waals surface area contributed by atoms with E-state index in [4.69, 9.17) is 14.5 Å². The normalized spacial score (nSPS) is 13.3. The fourth-order valence-electron chi connectivity index (χ4n) is 3.14. The number of guanidine groups is 1. The minimum atomic E-state index is 0. The first kappa shape index (κ1) is 21.2. The van der Waals surface area contributed by atoms with Crippen LogP contribution in [0.5, 0.6) is 11.5 Å². The highest BCUT2D eigenvalue weighted by molar-refractivity contribution is 14.0. The van der Waals surface area contributed by atoms with Crippen LogP contribution in [0.3, 0.4) is 0 Å². The van der Waals surface area contributed by atoms with Gasteiger partial charge in [0.15, 0.2) is 17.5 Å². The minimum Gasteiger partial charge on any atom is -0.490 e. The molecule has 0 bridgehead atoms. The molecule has 0 spiro atoms. The van der Waals surface area contributed by atoms with Crippen molar-refractivity contribution >= 4 is 46.5 Å². The van der Waals surface area contributed by atoms with Crippen molar-refractivity contribution < 1.29 is 9.47 Å². The van der Waals surface area contributed by atoms with E-state index in [1.165, 1.54) is 0 Å². The van der Waals surface area contributed by atoms with Crippen molar-refractivity contribution in [3.8, 4) is 11.5 Å². The van der Waals surface area contributed by atoms with E-state index < -0.39 is 0 Å². The van der Waals surface area contributed by atoms with Gasteiger partial charge in [0.2, 0.25) is 0 Å². The first-order valence-corrected chi connectivity index (χ1v) is 9.61. The number of fused-ring (bicyclic) bond motifs is 2. The fraction of sp³-hybridized carbons (Fsp3) is 0.273. The zero-order valence-electron chi connectivity index (χ0n) is 16.4. The number of hydrogen-bond acceptors (Lipinski definition) is 4. The quantitative estimate of drug-likeness (QED) is 0.309. The first-order valence-electron chi connectivity index (χ1n) is 9.61. The average Bonchev–Trinajstić information content (AvgIpc) is 2.97. The summed E-state index contributed by atoms with van der Waals surface area (Å²) in [7, 11) is 0. The van der Waals surface area contributed by atoms with Gasteiger partial charge in [-0.3, -0.25) is 4.98 Å². The van der Waals surface area contributed by atoms with Crippen molar-refractivity contribution in [1.29, 1.82) is 0 Å². The van der Waals surface area contributed by atoms with Gasteiger partial charge in [-0.1, -0.05) is 18.2 Å². The zero-order valence-corrected chi connectivity index (χ0v) is 18.7. The summed E-state index contributed by atoms with van der Waals surface area (Å²) in [5.41, 5.74) is 3.03. The molecule has 1 aliphatic rings. The molecular formula is C22H25IN4O2. The third-order valence-corrected chi connectivity index (χ3v) is 4.50. The number of anilines is 1. The number of nitrogens with zero attached hydrogens (tertiary/aromatic N) is 2. The van der Waals surface area contributed by atoms with E-state index in [9.17, 15) is 0 Å². The summed E-state index contributed by atoms with van der Waals surface area (Å²) in [6.07, 6.45) is 2.72. The van der Waals surface area contributed by atoms with Gasteiger partial charge >= 0.3 is 0 Å². The molecule has 0 aliphatic carbocycles. The molecule has 0 unspecified atom stereocenters. The van der Waals surface area contributed by atoms with Gasteiger partial charge < -0.3 is 20.1 Å². The van der Waals surface area contributed by atoms with Crippen LogP contribution < -0.4 is 20.1 Å². The monoisotopic (exact) mass is 504 g/mol. The van der Waals surface area contributed by atoms with Crippen LogP contribution >= 0.6 is 24.0 Å². The molecule has 29 heavy (non-hydrogen) atoms. The third kappa shape index (κ3) is 5.29. The van der Waals surface area contributed by atoms with Crippen LogP contribution in [-0.2, 0) is 6.54 Å². The average molecular weight is 504 g/mol. The van der Waals surface area contributed by atoms with Crippen molar-refractivity contribution in [2.45, 2.75) is 19.9 Å². The number of nitrogens with one attached hydrogen (secondary N) is 2. The predicted molar refractivity (Wildman–Crippen MR) is 128 cm³/mol. The van der Waals surface area contributed by atoms with Gasteiger partial charge in [0.1, 0.15) is 0 Å². The zero-order chi connectivity index (χ0) is 19.2. The highest BCUT2D eigenvalue weighted by atomic mass is 127. The van der Waals surface area contributed by atoms with Gasteiger partial charge in [-0.05, 0) is 36.8 Å². The van der Waals surface area contributed by atoms with Crippen molar-refractivity contribution in [2.75, 3.05) is 25.1 Å². The Labute approximate surface area is 187 Å². The van der Waals surface area contributed by atoms with Gasteiger partial charge in [-0.15, -0.1) is 24.0 Å². The van der Waals surface area contributed by atoms with E-state index in [1.807, 2.05) is 55.6 Å². The number of hydrogen-bond donors (Lipinski definition) is 2. The molecule has 0 atom stereocenters. The lowest BCUT2D eigenvalue weighted by Gasteiger charge is -2.14. The molecule has 1 aromatic heterocycles. The van der Waals surface area contributed by atoms with Crippen molar-refractivity contribution in [3.63, 3.8) is 0 Å². The molecule has 6 nitrogen and oxygen atoms in total. The van der Waals surface area contributed by atoms with Crippen LogP contribution in [0, 0.1) is 0 Å². The lowest BCUT2D eigenvalue weighted by molar-refractivity contribution is 0.297. The summed E-state index contributed by atoms with van der Waals surface area (Å²) in [6.45, 7) is 4.73. The summed E-state index contributed by atoms with van der Waals surface area (Å²) >= 11 is 0. The van der Waals surface area contributed by atoms with E-state index in [0.29, 0.717) is 19.8 Å². The Morgan fingerprint density at radius 1 is 1.07 bits per heavy atom. The first-order chi connectivity index (χ1) is 13.8. The second kappa shape index (κ2) is 10.3. The number of para-hydroxylation sites is 1. The molecule has 2 heterocycles. The molecule has 0 fully saturated rings. The van der Waals surface area contributed by atoms with Crippen LogP contribution in [0.2, 0.25) is 0 Å².